The zero-order chi connectivity index (χ0) is 19.6. The van der Waals surface area contributed by atoms with E-state index >= 15 is 0 Å². The van der Waals surface area contributed by atoms with Gasteiger partial charge in [0.05, 0.1) is 25.4 Å². The van der Waals surface area contributed by atoms with Crippen LogP contribution >= 0.6 is 11.3 Å². The molecule has 0 radical (unpaired) electrons. The van der Waals surface area contributed by atoms with Gasteiger partial charge in [-0.2, -0.15) is 0 Å². The number of aromatic amines is 1. The average molecular weight is 388 g/mol. The Morgan fingerprint density at radius 1 is 1.26 bits per heavy atom. The summed E-state index contributed by atoms with van der Waals surface area (Å²) >= 11 is 1.33. The van der Waals surface area contributed by atoms with Crippen LogP contribution in [0.3, 0.4) is 0 Å². The quantitative estimate of drug-likeness (QED) is 0.602. The van der Waals surface area contributed by atoms with Crippen molar-refractivity contribution in [1.82, 2.24) is 15.3 Å². The van der Waals surface area contributed by atoms with Crippen LogP contribution in [0, 0.1) is 6.92 Å². The smallest absolute Gasteiger partial charge is 0.268 e. The predicted molar refractivity (Wildman–Crippen MR) is 104 cm³/mol. The van der Waals surface area contributed by atoms with Gasteiger partial charge < -0.3 is 25.1 Å². The van der Waals surface area contributed by atoms with Gasteiger partial charge in [-0.25, -0.2) is 4.98 Å². The number of thiazole rings is 1. The highest BCUT2D eigenvalue weighted by Crippen LogP contribution is 2.35. The monoisotopic (exact) mass is 388 g/mol. The first kappa shape index (κ1) is 18.7. The van der Waals surface area contributed by atoms with E-state index in [4.69, 9.17) is 9.47 Å². The summed E-state index contributed by atoms with van der Waals surface area (Å²) in [6.07, 6.45) is 0. The number of nitrogens with zero attached hydrogens (tertiary/aromatic N) is 1. The molecule has 0 aliphatic carbocycles. The van der Waals surface area contributed by atoms with Crippen molar-refractivity contribution < 1.29 is 19.1 Å². The van der Waals surface area contributed by atoms with Crippen LogP contribution in [0.15, 0.2) is 23.6 Å². The Morgan fingerprint density at radius 2 is 2.04 bits per heavy atom. The Labute approximate surface area is 159 Å². The highest BCUT2D eigenvalue weighted by atomic mass is 32.1. The minimum absolute atomic E-state index is 0.321. The van der Waals surface area contributed by atoms with E-state index in [0.717, 1.165) is 16.6 Å². The molecule has 2 amide bonds. The molecule has 3 aromatic rings. The van der Waals surface area contributed by atoms with E-state index < -0.39 is 11.9 Å². The van der Waals surface area contributed by atoms with E-state index in [9.17, 15) is 9.59 Å². The molecule has 142 valence electrons. The SMILES string of the molecule is COc1ccc2[nH]c(C(=O)N[C@@H](C)C(=O)Nc3nc(C)cs3)cc2c1OC. The molecule has 2 heterocycles. The molecule has 3 rings (SSSR count). The van der Waals surface area contributed by atoms with E-state index in [1.54, 1.807) is 32.2 Å². The van der Waals surface area contributed by atoms with Crippen molar-refractivity contribution in [1.29, 1.82) is 0 Å². The van der Waals surface area contributed by atoms with Crippen molar-refractivity contribution in [3.8, 4) is 11.5 Å². The van der Waals surface area contributed by atoms with Gasteiger partial charge in [-0.3, -0.25) is 9.59 Å². The molecular formula is C18H20N4O4S. The summed E-state index contributed by atoms with van der Waals surface area (Å²) in [4.78, 5) is 32.0. The number of carbonyl (C=O) groups excluding carboxylic acids is 2. The Hall–Kier alpha value is -3.07. The number of nitrogens with one attached hydrogen (secondary N) is 3. The lowest BCUT2D eigenvalue weighted by molar-refractivity contribution is -0.117. The summed E-state index contributed by atoms with van der Waals surface area (Å²) in [6, 6.07) is 4.49. The molecule has 0 fully saturated rings. The maximum absolute atomic E-state index is 12.5. The highest BCUT2D eigenvalue weighted by molar-refractivity contribution is 7.13. The van der Waals surface area contributed by atoms with Crippen molar-refractivity contribution in [2.45, 2.75) is 19.9 Å². The number of benzene rings is 1. The molecule has 1 aromatic carbocycles. The van der Waals surface area contributed by atoms with Crippen molar-refractivity contribution in [3.63, 3.8) is 0 Å². The van der Waals surface area contributed by atoms with Gasteiger partial charge in [0.25, 0.3) is 5.91 Å². The molecule has 3 N–H and O–H groups in total. The van der Waals surface area contributed by atoms with Crippen LogP contribution in [-0.2, 0) is 4.79 Å². The van der Waals surface area contributed by atoms with Gasteiger partial charge in [0.1, 0.15) is 11.7 Å². The summed E-state index contributed by atoms with van der Waals surface area (Å²) in [5, 5.41) is 8.42. The number of hydrogen-bond acceptors (Lipinski definition) is 6. The number of fused-ring (bicyclic) bond motifs is 1. The van der Waals surface area contributed by atoms with E-state index in [1.165, 1.54) is 18.4 Å². The van der Waals surface area contributed by atoms with Gasteiger partial charge in [-0.1, -0.05) is 0 Å². The highest BCUT2D eigenvalue weighted by Gasteiger charge is 2.20. The third kappa shape index (κ3) is 3.87. The van der Waals surface area contributed by atoms with Crippen LogP contribution in [0.5, 0.6) is 11.5 Å². The largest absolute Gasteiger partial charge is 0.493 e. The summed E-state index contributed by atoms with van der Waals surface area (Å²) in [5.41, 5.74) is 1.88. The van der Waals surface area contributed by atoms with Crippen LogP contribution in [0.4, 0.5) is 5.13 Å². The second-order valence-corrected chi connectivity index (χ2v) is 6.78. The van der Waals surface area contributed by atoms with Gasteiger partial charge in [-0.05, 0) is 32.0 Å². The van der Waals surface area contributed by atoms with Crippen LogP contribution < -0.4 is 20.1 Å². The number of H-pyrrole nitrogens is 1. The molecule has 0 aliphatic rings. The lowest BCUT2D eigenvalue weighted by Crippen LogP contribution is -2.41. The summed E-state index contributed by atoms with van der Waals surface area (Å²) in [7, 11) is 3.09. The fourth-order valence-corrected chi connectivity index (χ4v) is 3.31. The van der Waals surface area contributed by atoms with E-state index in [-0.39, 0.29) is 5.91 Å². The standard InChI is InChI=1S/C18H20N4O4S/c1-9-8-27-18(19-9)22-16(23)10(2)20-17(24)13-7-11-12(21-13)5-6-14(25-3)15(11)26-4/h5-8,10,21H,1-4H3,(H,20,24)(H,19,22,23)/t10-/m0/s1. The molecule has 1 atom stereocenters. The van der Waals surface area contributed by atoms with Gasteiger partial charge in [-0.15, -0.1) is 11.3 Å². The lowest BCUT2D eigenvalue weighted by atomic mass is 10.2. The van der Waals surface area contributed by atoms with Crippen molar-refractivity contribution in [2.75, 3.05) is 19.5 Å². The molecule has 0 unspecified atom stereocenters. The van der Waals surface area contributed by atoms with Gasteiger partial charge in [0.15, 0.2) is 16.6 Å². The second-order valence-electron chi connectivity index (χ2n) is 5.92. The fraction of sp³-hybridized carbons (Fsp3) is 0.278. The van der Waals surface area contributed by atoms with Crippen LogP contribution in [0.1, 0.15) is 23.1 Å². The lowest BCUT2D eigenvalue weighted by Gasteiger charge is -2.12. The molecular weight excluding hydrogens is 368 g/mol. The number of carbonyl (C=O) groups is 2. The molecule has 9 heteroatoms. The Bertz CT molecular complexity index is 995. The number of aromatic nitrogens is 2. The maximum atomic E-state index is 12.5. The first-order valence-corrected chi connectivity index (χ1v) is 9.08. The minimum Gasteiger partial charge on any atom is -0.493 e. The first-order valence-electron chi connectivity index (χ1n) is 8.20. The number of anilines is 1. The van der Waals surface area contributed by atoms with E-state index in [1.807, 2.05) is 12.3 Å². The van der Waals surface area contributed by atoms with Crippen molar-refractivity contribution in [3.05, 3.63) is 35.0 Å². The average Bonchev–Trinajstić information content (AvgIpc) is 3.26. The Morgan fingerprint density at radius 3 is 2.67 bits per heavy atom. The van der Waals surface area contributed by atoms with Gasteiger partial charge in [0.2, 0.25) is 5.91 Å². The van der Waals surface area contributed by atoms with Crippen molar-refractivity contribution in [2.24, 2.45) is 0 Å². The molecule has 0 aliphatic heterocycles. The topological polar surface area (TPSA) is 105 Å². The maximum Gasteiger partial charge on any atom is 0.268 e. The second kappa shape index (κ2) is 7.67. The third-order valence-electron chi connectivity index (χ3n) is 3.98. The molecule has 27 heavy (non-hydrogen) atoms. The van der Waals surface area contributed by atoms with Gasteiger partial charge in [0, 0.05) is 10.8 Å². The Kier molecular flexibility index (Phi) is 5.31. The zero-order valence-electron chi connectivity index (χ0n) is 15.4. The van der Waals surface area contributed by atoms with Gasteiger partial charge >= 0.3 is 0 Å². The third-order valence-corrected chi connectivity index (χ3v) is 4.85. The predicted octanol–water partition coefficient (Wildman–Crippen LogP) is 2.71. The molecule has 0 bridgehead atoms. The number of aryl methyl sites for hydroxylation is 1. The zero-order valence-corrected chi connectivity index (χ0v) is 16.2. The van der Waals surface area contributed by atoms with E-state index in [0.29, 0.717) is 22.3 Å². The Balaban J connectivity index is 1.74. The number of amides is 2. The number of methoxy groups -OCH3 is 2. The molecule has 0 spiro atoms. The summed E-state index contributed by atoms with van der Waals surface area (Å²) < 4.78 is 10.7. The summed E-state index contributed by atoms with van der Waals surface area (Å²) in [5.74, 6) is 0.371. The molecule has 2 aromatic heterocycles. The summed E-state index contributed by atoms with van der Waals surface area (Å²) in [6.45, 7) is 3.45. The first-order chi connectivity index (χ1) is 12.9. The van der Waals surface area contributed by atoms with E-state index in [2.05, 4.69) is 20.6 Å². The molecule has 0 saturated heterocycles. The minimum atomic E-state index is -0.732. The molecule has 8 nitrogen and oxygen atoms in total. The van der Waals surface area contributed by atoms with Crippen LogP contribution in [0.2, 0.25) is 0 Å². The number of hydrogen-bond donors (Lipinski definition) is 3. The van der Waals surface area contributed by atoms with Crippen LogP contribution in [0.25, 0.3) is 10.9 Å². The van der Waals surface area contributed by atoms with Crippen molar-refractivity contribution >= 4 is 39.2 Å². The molecule has 0 saturated carbocycles. The van der Waals surface area contributed by atoms with Crippen LogP contribution in [-0.4, -0.2) is 42.0 Å². The number of ether oxygens (including phenoxy) is 2. The fourth-order valence-electron chi connectivity index (χ4n) is 2.62. The number of rotatable bonds is 6. The normalized spacial score (nSPS) is 11.9.